The largest absolute Gasteiger partial charge is 0.493 e. The summed E-state index contributed by atoms with van der Waals surface area (Å²) in [4.78, 5) is 42.6. The lowest BCUT2D eigenvalue weighted by Crippen LogP contribution is -2.47. The van der Waals surface area contributed by atoms with Crippen molar-refractivity contribution in [2.75, 3.05) is 45.4 Å². The van der Waals surface area contributed by atoms with E-state index in [9.17, 15) is 14.4 Å². The van der Waals surface area contributed by atoms with Crippen LogP contribution in [0.15, 0.2) is 42.5 Å². The molecule has 1 spiro atoms. The number of rotatable bonds is 9. The molecular weight excluding hydrogens is 424 g/mol. The molecule has 0 aliphatic carbocycles. The third kappa shape index (κ3) is 3.84. The Hall–Kier alpha value is -3.39. The first-order valence-corrected chi connectivity index (χ1v) is 11.0. The predicted octanol–water partition coefficient (Wildman–Crippen LogP) is 2.46. The van der Waals surface area contributed by atoms with Gasteiger partial charge < -0.3 is 19.1 Å². The first-order chi connectivity index (χ1) is 15.9. The van der Waals surface area contributed by atoms with E-state index in [2.05, 4.69) is 0 Å². The normalized spacial score (nSPS) is 19.5. The van der Waals surface area contributed by atoms with Crippen LogP contribution in [0.3, 0.4) is 0 Å². The molecule has 1 saturated heterocycles. The van der Waals surface area contributed by atoms with Crippen molar-refractivity contribution in [2.24, 2.45) is 0 Å². The van der Waals surface area contributed by atoms with Crippen molar-refractivity contribution in [3.05, 3.63) is 53.6 Å². The van der Waals surface area contributed by atoms with Gasteiger partial charge in [0.2, 0.25) is 17.7 Å². The average molecular weight is 453 g/mol. The Balaban J connectivity index is 1.54. The van der Waals surface area contributed by atoms with E-state index in [-0.39, 0.29) is 31.4 Å². The van der Waals surface area contributed by atoms with E-state index in [0.717, 1.165) is 10.5 Å². The third-order valence-electron chi connectivity index (χ3n) is 6.21. The molecule has 1 atom stereocenters. The second-order valence-corrected chi connectivity index (χ2v) is 8.26. The van der Waals surface area contributed by atoms with E-state index in [1.807, 2.05) is 49.4 Å². The van der Waals surface area contributed by atoms with Crippen molar-refractivity contribution in [1.29, 1.82) is 0 Å². The number of likely N-dealkylation sites (tertiary alicyclic amines) is 1. The van der Waals surface area contributed by atoms with E-state index >= 15 is 0 Å². The maximum Gasteiger partial charge on any atom is 0.250 e. The molecule has 2 aliphatic heterocycles. The summed E-state index contributed by atoms with van der Waals surface area (Å²) in [5.74, 6) is 0.110. The third-order valence-corrected chi connectivity index (χ3v) is 6.21. The van der Waals surface area contributed by atoms with Crippen LogP contribution in [0.5, 0.6) is 11.5 Å². The van der Waals surface area contributed by atoms with Gasteiger partial charge in [-0.05, 0) is 31.5 Å². The summed E-state index contributed by atoms with van der Waals surface area (Å²) in [5, 5.41) is 0. The highest BCUT2D eigenvalue weighted by molar-refractivity contribution is 6.28. The Labute approximate surface area is 193 Å². The van der Waals surface area contributed by atoms with E-state index < -0.39 is 11.3 Å². The Morgan fingerprint density at radius 1 is 0.909 bits per heavy atom. The number of ether oxygens (including phenoxy) is 3. The fourth-order valence-electron chi connectivity index (χ4n) is 4.57. The molecule has 0 N–H and O–H groups in total. The van der Waals surface area contributed by atoms with Gasteiger partial charge in [0.15, 0.2) is 16.9 Å². The molecule has 2 aromatic carbocycles. The van der Waals surface area contributed by atoms with E-state index in [0.29, 0.717) is 42.3 Å². The monoisotopic (exact) mass is 452 g/mol. The van der Waals surface area contributed by atoms with Gasteiger partial charge in [0, 0.05) is 24.9 Å². The van der Waals surface area contributed by atoms with Crippen LogP contribution < -0.4 is 14.4 Å². The molecular formula is C25H28N2O6. The van der Waals surface area contributed by atoms with Crippen molar-refractivity contribution in [2.45, 2.75) is 25.2 Å². The van der Waals surface area contributed by atoms with E-state index in [1.165, 1.54) is 7.11 Å². The second kappa shape index (κ2) is 9.23. The number of hydrogen-bond donors (Lipinski definition) is 0. The van der Waals surface area contributed by atoms with Crippen molar-refractivity contribution >= 4 is 23.4 Å². The molecule has 0 radical (unpaired) electrons. The summed E-state index contributed by atoms with van der Waals surface area (Å²) in [7, 11) is 3.09. The molecule has 0 aromatic heterocycles. The molecule has 3 amide bonds. The quantitative estimate of drug-likeness (QED) is 0.330. The molecule has 174 valence electrons. The lowest BCUT2D eigenvalue weighted by molar-refractivity contribution is -0.142. The summed E-state index contributed by atoms with van der Waals surface area (Å²) in [6.07, 6.45) is 0.391. The maximum absolute atomic E-state index is 13.7. The van der Waals surface area contributed by atoms with Gasteiger partial charge in [0.25, 0.3) is 0 Å². The Kier molecular flexibility index (Phi) is 6.37. The fraction of sp³-hybridized carbons (Fsp3) is 0.400. The first-order valence-electron chi connectivity index (χ1n) is 11.0. The molecule has 4 rings (SSSR count). The van der Waals surface area contributed by atoms with Crippen molar-refractivity contribution in [1.82, 2.24) is 4.90 Å². The van der Waals surface area contributed by atoms with Gasteiger partial charge in [0.05, 0.1) is 33.3 Å². The minimum atomic E-state index is -1.49. The van der Waals surface area contributed by atoms with E-state index in [1.54, 1.807) is 12.0 Å². The summed E-state index contributed by atoms with van der Waals surface area (Å²) >= 11 is 0. The first kappa shape index (κ1) is 22.8. The number of carbonyl (C=O) groups is 3. The number of nitrogens with zero attached hydrogens (tertiary/aromatic N) is 2. The van der Waals surface area contributed by atoms with Crippen molar-refractivity contribution < 1.29 is 28.6 Å². The molecule has 2 aliphatic rings. The summed E-state index contributed by atoms with van der Waals surface area (Å²) < 4.78 is 16.2. The van der Waals surface area contributed by atoms with Gasteiger partial charge in [-0.15, -0.1) is 0 Å². The zero-order valence-electron chi connectivity index (χ0n) is 19.1. The lowest BCUT2D eigenvalue weighted by atomic mass is 9.79. The zero-order chi connectivity index (χ0) is 23.6. The van der Waals surface area contributed by atoms with Gasteiger partial charge in [0.1, 0.15) is 0 Å². The van der Waals surface area contributed by atoms with Crippen molar-refractivity contribution in [3.63, 3.8) is 0 Å². The van der Waals surface area contributed by atoms with Crippen LogP contribution in [0.25, 0.3) is 0 Å². The molecule has 2 aromatic rings. The fourth-order valence-corrected chi connectivity index (χ4v) is 4.57. The predicted molar refractivity (Wildman–Crippen MR) is 122 cm³/mol. The van der Waals surface area contributed by atoms with Crippen LogP contribution in [-0.2, 0) is 24.5 Å². The van der Waals surface area contributed by atoms with Crippen LogP contribution in [0.4, 0.5) is 5.69 Å². The second-order valence-electron chi connectivity index (χ2n) is 8.26. The van der Waals surface area contributed by atoms with Crippen LogP contribution >= 0.6 is 0 Å². The van der Waals surface area contributed by atoms with Gasteiger partial charge >= 0.3 is 0 Å². The number of para-hydroxylation sites is 2. The molecule has 2 heterocycles. The van der Waals surface area contributed by atoms with E-state index in [4.69, 9.17) is 14.2 Å². The number of amides is 3. The number of fused-ring (bicyclic) bond motifs is 2. The maximum atomic E-state index is 13.7. The van der Waals surface area contributed by atoms with Gasteiger partial charge in [-0.3, -0.25) is 19.3 Å². The highest BCUT2D eigenvalue weighted by Gasteiger charge is 2.63. The molecule has 1 unspecified atom stereocenters. The van der Waals surface area contributed by atoms with Crippen LogP contribution in [-0.4, -0.2) is 63.1 Å². The zero-order valence-corrected chi connectivity index (χ0v) is 19.1. The number of carbonyl (C=O) groups excluding carboxylic acids is 3. The summed E-state index contributed by atoms with van der Waals surface area (Å²) in [5.41, 5.74) is 0.724. The van der Waals surface area contributed by atoms with Crippen molar-refractivity contribution in [3.8, 4) is 11.5 Å². The Morgan fingerprint density at radius 2 is 1.64 bits per heavy atom. The molecule has 33 heavy (non-hydrogen) atoms. The number of anilines is 1. The molecule has 8 nitrogen and oxygen atoms in total. The molecule has 0 saturated carbocycles. The minimum absolute atomic E-state index is 0.136. The minimum Gasteiger partial charge on any atom is -0.493 e. The number of aryl methyl sites for hydroxylation is 1. The van der Waals surface area contributed by atoms with Crippen LogP contribution in [0, 0.1) is 6.92 Å². The van der Waals surface area contributed by atoms with Gasteiger partial charge in [-0.1, -0.05) is 29.8 Å². The number of imide groups is 1. The van der Waals surface area contributed by atoms with Gasteiger partial charge in [-0.2, -0.15) is 0 Å². The average Bonchev–Trinajstić information content (AvgIpc) is 3.20. The Morgan fingerprint density at radius 3 is 2.36 bits per heavy atom. The highest BCUT2D eigenvalue weighted by Crippen LogP contribution is 2.48. The summed E-state index contributed by atoms with van der Waals surface area (Å²) in [6, 6.07) is 13.0. The Bertz CT molecular complexity index is 1080. The SMILES string of the molecule is COCCN1C(=O)CC2(C1=O)C(=O)N(CCCOc1ccccc1OC)c1ccc(C)cc12. The molecule has 0 bridgehead atoms. The molecule has 1 fully saturated rings. The standard InChI is InChI=1S/C25H28N2O6/c1-17-9-10-19-18(15-17)25(16-22(28)27(24(25)30)12-14-31-2)23(29)26(19)11-6-13-33-21-8-5-4-7-20(21)32-3/h4-5,7-10,15H,6,11-14,16H2,1-3H3. The number of methoxy groups -OCH3 is 2. The summed E-state index contributed by atoms with van der Waals surface area (Å²) in [6.45, 7) is 3.01. The smallest absolute Gasteiger partial charge is 0.250 e. The lowest BCUT2D eigenvalue weighted by Gasteiger charge is -2.22. The van der Waals surface area contributed by atoms with Crippen LogP contribution in [0.1, 0.15) is 24.0 Å². The van der Waals surface area contributed by atoms with Gasteiger partial charge in [-0.25, -0.2) is 0 Å². The topological polar surface area (TPSA) is 85.4 Å². The number of hydrogen-bond acceptors (Lipinski definition) is 6. The highest BCUT2D eigenvalue weighted by atomic mass is 16.5. The number of benzene rings is 2. The van der Waals surface area contributed by atoms with Crippen LogP contribution in [0.2, 0.25) is 0 Å². The molecule has 8 heteroatoms.